The lowest BCUT2D eigenvalue weighted by Gasteiger charge is -2.38. The summed E-state index contributed by atoms with van der Waals surface area (Å²) in [5.41, 5.74) is 6.73. The fourth-order valence-electron chi connectivity index (χ4n) is 3.35. The van der Waals surface area contributed by atoms with Crippen molar-refractivity contribution in [3.05, 3.63) is 0 Å². The molecule has 1 saturated heterocycles. The zero-order valence-electron chi connectivity index (χ0n) is 11.6. The number of ether oxygens (including phenoxy) is 1. The van der Waals surface area contributed by atoms with Crippen molar-refractivity contribution in [3.63, 3.8) is 0 Å². The van der Waals surface area contributed by atoms with Crippen LogP contribution < -0.4 is 5.73 Å². The molecule has 0 aromatic rings. The average Bonchev–Trinajstić information content (AvgIpc) is 2.57. The molecule has 100 valence electrons. The van der Waals surface area contributed by atoms with Crippen LogP contribution in [0.4, 0.5) is 0 Å². The summed E-state index contributed by atoms with van der Waals surface area (Å²) in [6, 6.07) is 0.975. The van der Waals surface area contributed by atoms with E-state index < -0.39 is 0 Å². The lowest BCUT2D eigenvalue weighted by atomic mass is 9.85. The second-order valence-corrected chi connectivity index (χ2v) is 6.45. The van der Waals surface area contributed by atoms with Crippen molar-refractivity contribution in [2.75, 3.05) is 26.3 Å². The third-order valence-electron chi connectivity index (χ3n) is 4.86. The van der Waals surface area contributed by atoms with E-state index in [1.807, 2.05) is 0 Å². The summed E-state index contributed by atoms with van der Waals surface area (Å²) in [5, 5.41) is 0. The van der Waals surface area contributed by atoms with Crippen LogP contribution in [0.1, 0.15) is 40.0 Å². The Morgan fingerprint density at radius 3 is 2.76 bits per heavy atom. The Bertz CT molecular complexity index is 255. The highest BCUT2D eigenvalue weighted by Crippen LogP contribution is 2.40. The largest absolute Gasteiger partial charge is 0.378 e. The predicted molar refractivity (Wildman–Crippen MR) is 71.0 cm³/mol. The van der Waals surface area contributed by atoms with Gasteiger partial charge in [-0.15, -0.1) is 0 Å². The molecule has 1 aliphatic heterocycles. The van der Waals surface area contributed by atoms with Gasteiger partial charge in [0.05, 0.1) is 13.2 Å². The lowest BCUT2D eigenvalue weighted by molar-refractivity contribution is -0.0167. The first kappa shape index (κ1) is 13.3. The summed E-state index contributed by atoms with van der Waals surface area (Å²) < 4.78 is 5.56. The van der Waals surface area contributed by atoms with Gasteiger partial charge in [0, 0.05) is 25.2 Å². The molecule has 0 spiro atoms. The van der Waals surface area contributed by atoms with E-state index in [0.29, 0.717) is 23.4 Å². The molecular formula is C14H28N2O. The van der Waals surface area contributed by atoms with Crippen LogP contribution in [0.25, 0.3) is 0 Å². The van der Waals surface area contributed by atoms with Gasteiger partial charge in [-0.3, -0.25) is 4.90 Å². The van der Waals surface area contributed by atoms with Crippen LogP contribution in [0.15, 0.2) is 0 Å². The van der Waals surface area contributed by atoms with Crippen molar-refractivity contribution in [3.8, 4) is 0 Å². The first-order chi connectivity index (χ1) is 8.04. The minimum absolute atomic E-state index is 0.332. The molecule has 0 bridgehead atoms. The molecule has 2 rings (SSSR count). The predicted octanol–water partition coefficient (Wildman–Crippen LogP) is 1.86. The van der Waals surface area contributed by atoms with Crippen LogP contribution in [-0.4, -0.2) is 43.3 Å². The average molecular weight is 240 g/mol. The standard InChI is InChI=1S/C14H28N2O/c1-4-12-10-17-8-7-16(12)9-11-5-6-14(2,3)13(11)15/h11-13H,4-10,15H2,1-3H3. The van der Waals surface area contributed by atoms with E-state index in [4.69, 9.17) is 10.5 Å². The highest BCUT2D eigenvalue weighted by Gasteiger charge is 2.40. The van der Waals surface area contributed by atoms with Gasteiger partial charge < -0.3 is 10.5 Å². The molecule has 2 aliphatic rings. The smallest absolute Gasteiger partial charge is 0.0622 e. The van der Waals surface area contributed by atoms with E-state index in [1.54, 1.807) is 0 Å². The summed E-state index contributed by atoms with van der Waals surface area (Å²) in [6.45, 7) is 10.9. The molecule has 0 amide bonds. The SMILES string of the molecule is CCC1COCCN1CC1CCC(C)(C)C1N. The molecule has 0 aromatic heterocycles. The maximum atomic E-state index is 6.40. The molecular weight excluding hydrogens is 212 g/mol. The zero-order chi connectivity index (χ0) is 12.5. The quantitative estimate of drug-likeness (QED) is 0.818. The van der Waals surface area contributed by atoms with Crippen LogP contribution >= 0.6 is 0 Å². The Morgan fingerprint density at radius 1 is 1.41 bits per heavy atom. The third kappa shape index (κ3) is 2.83. The molecule has 3 atom stereocenters. The second kappa shape index (κ2) is 5.25. The third-order valence-corrected chi connectivity index (χ3v) is 4.86. The van der Waals surface area contributed by atoms with Gasteiger partial charge in [0.1, 0.15) is 0 Å². The second-order valence-electron chi connectivity index (χ2n) is 6.45. The Hall–Kier alpha value is -0.120. The summed E-state index contributed by atoms with van der Waals surface area (Å²) >= 11 is 0. The van der Waals surface area contributed by atoms with Gasteiger partial charge in [0.25, 0.3) is 0 Å². The highest BCUT2D eigenvalue weighted by molar-refractivity contribution is 4.95. The topological polar surface area (TPSA) is 38.5 Å². The van der Waals surface area contributed by atoms with Crippen LogP contribution in [0.3, 0.4) is 0 Å². The van der Waals surface area contributed by atoms with Crippen LogP contribution in [-0.2, 0) is 4.74 Å². The number of hydrogen-bond acceptors (Lipinski definition) is 3. The molecule has 2 fully saturated rings. The fourth-order valence-corrected chi connectivity index (χ4v) is 3.35. The van der Waals surface area contributed by atoms with Gasteiger partial charge >= 0.3 is 0 Å². The zero-order valence-corrected chi connectivity index (χ0v) is 11.6. The van der Waals surface area contributed by atoms with Crippen molar-refractivity contribution >= 4 is 0 Å². The van der Waals surface area contributed by atoms with E-state index >= 15 is 0 Å². The monoisotopic (exact) mass is 240 g/mol. The molecule has 0 aromatic carbocycles. The number of nitrogens with zero attached hydrogens (tertiary/aromatic N) is 1. The van der Waals surface area contributed by atoms with Crippen molar-refractivity contribution in [1.82, 2.24) is 4.90 Å². The molecule has 2 N–H and O–H groups in total. The van der Waals surface area contributed by atoms with Gasteiger partial charge in [-0.2, -0.15) is 0 Å². The van der Waals surface area contributed by atoms with Gasteiger partial charge in [-0.05, 0) is 30.6 Å². The minimum Gasteiger partial charge on any atom is -0.378 e. The Morgan fingerprint density at radius 2 is 2.18 bits per heavy atom. The van der Waals surface area contributed by atoms with E-state index in [0.717, 1.165) is 19.8 Å². The normalized spacial score (nSPS) is 38.5. The summed E-state index contributed by atoms with van der Waals surface area (Å²) in [6.07, 6.45) is 3.76. The maximum absolute atomic E-state index is 6.40. The molecule has 3 heteroatoms. The number of morpholine rings is 1. The first-order valence-electron chi connectivity index (χ1n) is 7.12. The molecule has 1 heterocycles. The van der Waals surface area contributed by atoms with Crippen molar-refractivity contribution in [1.29, 1.82) is 0 Å². The fraction of sp³-hybridized carbons (Fsp3) is 1.00. The molecule has 0 radical (unpaired) electrons. The van der Waals surface area contributed by atoms with Crippen molar-refractivity contribution < 1.29 is 4.74 Å². The summed E-state index contributed by atoms with van der Waals surface area (Å²) in [7, 11) is 0. The highest BCUT2D eigenvalue weighted by atomic mass is 16.5. The molecule has 3 unspecified atom stereocenters. The summed E-state index contributed by atoms with van der Waals surface area (Å²) in [5.74, 6) is 0.678. The molecule has 1 aliphatic carbocycles. The summed E-state index contributed by atoms with van der Waals surface area (Å²) in [4.78, 5) is 2.61. The Kier molecular flexibility index (Phi) is 4.11. The van der Waals surface area contributed by atoms with Crippen LogP contribution in [0.2, 0.25) is 0 Å². The van der Waals surface area contributed by atoms with Crippen LogP contribution in [0, 0.1) is 11.3 Å². The van der Waals surface area contributed by atoms with Gasteiger partial charge in [0.2, 0.25) is 0 Å². The first-order valence-corrected chi connectivity index (χ1v) is 7.12. The van der Waals surface area contributed by atoms with Gasteiger partial charge in [-0.1, -0.05) is 20.8 Å². The molecule has 3 nitrogen and oxygen atoms in total. The van der Waals surface area contributed by atoms with E-state index in [-0.39, 0.29) is 0 Å². The number of rotatable bonds is 3. The Balaban J connectivity index is 1.92. The minimum atomic E-state index is 0.332. The van der Waals surface area contributed by atoms with Crippen molar-refractivity contribution in [2.45, 2.75) is 52.1 Å². The number of nitrogens with two attached hydrogens (primary N) is 1. The van der Waals surface area contributed by atoms with E-state index in [2.05, 4.69) is 25.7 Å². The lowest BCUT2D eigenvalue weighted by Crippen LogP contribution is -2.50. The maximum Gasteiger partial charge on any atom is 0.0622 e. The van der Waals surface area contributed by atoms with Crippen LogP contribution in [0.5, 0.6) is 0 Å². The number of hydrogen-bond donors (Lipinski definition) is 1. The molecule has 17 heavy (non-hydrogen) atoms. The van der Waals surface area contributed by atoms with Crippen molar-refractivity contribution in [2.24, 2.45) is 17.1 Å². The van der Waals surface area contributed by atoms with E-state index in [1.165, 1.54) is 25.8 Å². The van der Waals surface area contributed by atoms with Gasteiger partial charge in [0.15, 0.2) is 0 Å². The Labute approximate surface area is 106 Å². The van der Waals surface area contributed by atoms with Gasteiger partial charge in [-0.25, -0.2) is 0 Å². The van der Waals surface area contributed by atoms with E-state index in [9.17, 15) is 0 Å². The molecule has 1 saturated carbocycles.